The number of esters is 1. The number of carbonyl (C=O) groups is 1. The molecule has 22 heavy (non-hydrogen) atoms. The SMILES string of the molecule is C=C(C)C(=O)OC(OCC)(OCC)C(OC)(OCC)OCC. The van der Waals surface area contributed by atoms with Crippen LogP contribution >= 0.6 is 0 Å². The molecule has 0 aliphatic rings. The first-order chi connectivity index (χ1) is 10.4. The molecule has 0 radical (unpaired) electrons. The van der Waals surface area contributed by atoms with Gasteiger partial charge in [-0.15, -0.1) is 0 Å². The lowest BCUT2D eigenvalue weighted by Gasteiger charge is -2.44. The Kier molecular flexibility index (Phi) is 9.47. The second kappa shape index (κ2) is 9.91. The van der Waals surface area contributed by atoms with E-state index in [1.165, 1.54) is 14.0 Å². The third kappa shape index (κ3) is 4.76. The topological polar surface area (TPSA) is 72.5 Å². The van der Waals surface area contributed by atoms with E-state index in [0.717, 1.165) is 0 Å². The Labute approximate surface area is 132 Å². The molecule has 0 saturated carbocycles. The molecule has 0 aromatic rings. The van der Waals surface area contributed by atoms with Crippen LogP contribution in [0.2, 0.25) is 0 Å². The molecular formula is C15H28O7. The Balaban J connectivity index is 5.90. The van der Waals surface area contributed by atoms with E-state index in [0.29, 0.717) is 0 Å². The zero-order valence-electron chi connectivity index (χ0n) is 14.4. The van der Waals surface area contributed by atoms with E-state index < -0.39 is 17.9 Å². The van der Waals surface area contributed by atoms with Crippen LogP contribution in [0.15, 0.2) is 12.2 Å². The molecule has 0 heterocycles. The van der Waals surface area contributed by atoms with Gasteiger partial charge in [-0.05, 0) is 34.6 Å². The van der Waals surface area contributed by atoms with Gasteiger partial charge in [0.25, 0.3) is 0 Å². The molecule has 7 nitrogen and oxygen atoms in total. The van der Waals surface area contributed by atoms with Crippen molar-refractivity contribution < 1.29 is 33.2 Å². The van der Waals surface area contributed by atoms with Crippen LogP contribution in [0.5, 0.6) is 0 Å². The Hall–Kier alpha value is -0.990. The number of hydrogen-bond acceptors (Lipinski definition) is 7. The van der Waals surface area contributed by atoms with Crippen LogP contribution in [0, 0.1) is 0 Å². The fraction of sp³-hybridized carbons (Fsp3) is 0.800. The molecule has 0 N–H and O–H groups in total. The lowest BCUT2D eigenvalue weighted by atomic mass is 10.3. The van der Waals surface area contributed by atoms with Crippen molar-refractivity contribution in [1.29, 1.82) is 0 Å². The van der Waals surface area contributed by atoms with Gasteiger partial charge in [0.05, 0.1) is 13.2 Å². The van der Waals surface area contributed by atoms with Crippen molar-refractivity contribution in [2.24, 2.45) is 0 Å². The maximum absolute atomic E-state index is 12.0. The quantitative estimate of drug-likeness (QED) is 0.310. The maximum Gasteiger partial charge on any atom is 0.417 e. The van der Waals surface area contributed by atoms with Gasteiger partial charge in [-0.25, -0.2) is 4.79 Å². The van der Waals surface area contributed by atoms with E-state index >= 15 is 0 Å². The first-order valence-corrected chi connectivity index (χ1v) is 7.38. The highest BCUT2D eigenvalue weighted by Gasteiger charge is 2.62. The number of hydrogen-bond donors (Lipinski definition) is 0. The van der Waals surface area contributed by atoms with E-state index in [1.54, 1.807) is 27.7 Å². The van der Waals surface area contributed by atoms with Crippen LogP contribution in [0.3, 0.4) is 0 Å². The highest BCUT2D eigenvalue weighted by molar-refractivity contribution is 5.87. The largest absolute Gasteiger partial charge is 0.417 e. The van der Waals surface area contributed by atoms with Crippen LogP contribution in [0.4, 0.5) is 0 Å². The van der Waals surface area contributed by atoms with Gasteiger partial charge in [0, 0.05) is 25.9 Å². The second-order valence-electron chi connectivity index (χ2n) is 4.22. The van der Waals surface area contributed by atoms with Crippen LogP contribution < -0.4 is 0 Å². The highest BCUT2D eigenvalue weighted by atomic mass is 17.0. The number of rotatable bonds is 12. The van der Waals surface area contributed by atoms with Gasteiger partial charge in [-0.1, -0.05) is 6.58 Å². The van der Waals surface area contributed by atoms with Gasteiger partial charge < -0.3 is 28.4 Å². The van der Waals surface area contributed by atoms with E-state index in [4.69, 9.17) is 28.4 Å². The number of ether oxygens (including phenoxy) is 6. The monoisotopic (exact) mass is 320 g/mol. The Morgan fingerprint density at radius 1 is 0.864 bits per heavy atom. The van der Waals surface area contributed by atoms with E-state index in [1.807, 2.05) is 0 Å². The van der Waals surface area contributed by atoms with E-state index in [-0.39, 0.29) is 32.0 Å². The van der Waals surface area contributed by atoms with Crippen LogP contribution in [-0.2, 0) is 33.2 Å². The Morgan fingerprint density at radius 2 is 1.23 bits per heavy atom. The molecule has 130 valence electrons. The number of carbonyl (C=O) groups excluding carboxylic acids is 1. The van der Waals surface area contributed by atoms with Gasteiger partial charge >= 0.3 is 17.9 Å². The Bertz CT molecular complexity index is 342. The van der Waals surface area contributed by atoms with Crippen molar-refractivity contribution in [1.82, 2.24) is 0 Å². The summed E-state index contributed by atoms with van der Waals surface area (Å²) in [6.45, 7) is 12.8. The summed E-state index contributed by atoms with van der Waals surface area (Å²) in [4.78, 5) is 12.0. The van der Waals surface area contributed by atoms with Gasteiger partial charge in [-0.3, -0.25) is 0 Å². The van der Waals surface area contributed by atoms with Crippen LogP contribution in [-0.4, -0.2) is 51.5 Å². The molecule has 0 saturated heterocycles. The van der Waals surface area contributed by atoms with E-state index in [2.05, 4.69) is 6.58 Å². The average Bonchev–Trinajstić information content (AvgIpc) is 2.47. The summed E-state index contributed by atoms with van der Waals surface area (Å²) in [5, 5.41) is 0. The molecule has 0 aliphatic carbocycles. The normalized spacial score (nSPS) is 12.3. The first-order valence-electron chi connectivity index (χ1n) is 7.38. The molecule has 7 heteroatoms. The van der Waals surface area contributed by atoms with Gasteiger partial charge in [0.1, 0.15) is 0 Å². The maximum atomic E-state index is 12.0. The lowest BCUT2D eigenvalue weighted by Crippen LogP contribution is -2.64. The molecule has 0 atom stereocenters. The summed E-state index contributed by atoms with van der Waals surface area (Å²) < 4.78 is 33.0. The van der Waals surface area contributed by atoms with Gasteiger partial charge in [-0.2, -0.15) is 0 Å². The van der Waals surface area contributed by atoms with Gasteiger partial charge in [0.15, 0.2) is 0 Å². The van der Waals surface area contributed by atoms with Crippen molar-refractivity contribution in [3.63, 3.8) is 0 Å². The fourth-order valence-electron chi connectivity index (χ4n) is 1.77. The summed E-state index contributed by atoms with van der Waals surface area (Å²) in [7, 11) is 1.35. The summed E-state index contributed by atoms with van der Waals surface area (Å²) in [5.74, 6) is -4.57. The van der Waals surface area contributed by atoms with Crippen molar-refractivity contribution in [3.05, 3.63) is 12.2 Å². The van der Waals surface area contributed by atoms with E-state index in [9.17, 15) is 4.79 Å². The third-order valence-corrected chi connectivity index (χ3v) is 2.56. The average molecular weight is 320 g/mol. The third-order valence-electron chi connectivity index (χ3n) is 2.56. The molecule has 0 amide bonds. The smallest absolute Gasteiger partial charge is 0.398 e. The van der Waals surface area contributed by atoms with Crippen molar-refractivity contribution in [3.8, 4) is 0 Å². The minimum atomic E-state index is -2.01. The molecule has 0 spiro atoms. The first kappa shape index (κ1) is 21.0. The minimum absolute atomic E-state index is 0.175. The molecule has 0 fully saturated rings. The predicted octanol–water partition coefficient (Wildman–Crippen LogP) is 2.21. The van der Waals surface area contributed by atoms with Crippen molar-refractivity contribution >= 4 is 5.97 Å². The summed E-state index contributed by atoms with van der Waals surface area (Å²) in [6.07, 6.45) is 0. The summed E-state index contributed by atoms with van der Waals surface area (Å²) in [6, 6.07) is 0. The molecule has 0 aromatic heterocycles. The standard InChI is InChI=1S/C15H28O7/c1-8-18-14(17-7,19-9-2)15(20-10-3,21-11-4)22-13(16)12(5)6/h5,8-11H2,1-4,6-7H3. The summed E-state index contributed by atoms with van der Waals surface area (Å²) in [5.41, 5.74) is 0.182. The molecule has 0 aromatic carbocycles. The van der Waals surface area contributed by atoms with Crippen LogP contribution in [0.25, 0.3) is 0 Å². The molecule has 0 bridgehead atoms. The summed E-state index contributed by atoms with van der Waals surface area (Å²) >= 11 is 0. The zero-order valence-corrected chi connectivity index (χ0v) is 14.4. The van der Waals surface area contributed by atoms with Crippen molar-refractivity contribution in [2.75, 3.05) is 33.5 Å². The highest BCUT2D eigenvalue weighted by Crippen LogP contribution is 2.36. The molecule has 0 rings (SSSR count). The van der Waals surface area contributed by atoms with Gasteiger partial charge in [0.2, 0.25) is 0 Å². The van der Waals surface area contributed by atoms with Crippen molar-refractivity contribution in [2.45, 2.75) is 46.6 Å². The lowest BCUT2D eigenvalue weighted by molar-refractivity contribution is -0.545. The number of methoxy groups -OCH3 is 1. The minimum Gasteiger partial charge on any atom is -0.398 e. The molecule has 0 aliphatic heterocycles. The zero-order chi connectivity index (χ0) is 17.2. The Morgan fingerprint density at radius 3 is 1.50 bits per heavy atom. The predicted molar refractivity (Wildman–Crippen MR) is 79.9 cm³/mol. The molecule has 0 unspecified atom stereocenters. The second-order valence-corrected chi connectivity index (χ2v) is 4.22. The van der Waals surface area contributed by atoms with Crippen LogP contribution in [0.1, 0.15) is 34.6 Å². The fourth-order valence-corrected chi connectivity index (χ4v) is 1.77. The molecular weight excluding hydrogens is 292 g/mol.